The lowest BCUT2D eigenvalue weighted by Gasteiger charge is -2.41. The number of rotatable bonds is 7. The Morgan fingerprint density at radius 2 is 2.12 bits per heavy atom. The smallest absolute Gasteiger partial charge is 0.0499 e. The van der Waals surface area contributed by atoms with Crippen LogP contribution in [0.4, 0.5) is 0 Å². The number of hydrogen-bond acceptors (Lipinski definition) is 2. The summed E-state index contributed by atoms with van der Waals surface area (Å²) < 4.78 is 0. The van der Waals surface area contributed by atoms with Crippen LogP contribution in [0.3, 0.4) is 0 Å². The van der Waals surface area contributed by atoms with E-state index >= 15 is 0 Å². The van der Waals surface area contributed by atoms with Crippen molar-refractivity contribution in [3.63, 3.8) is 0 Å². The fourth-order valence-corrected chi connectivity index (χ4v) is 3.39. The fourth-order valence-electron chi connectivity index (χ4n) is 3.39. The van der Waals surface area contributed by atoms with Crippen LogP contribution in [0.2, 0.25) is 0 Å². The first-order valence-electron chi connectivity index (χ1n) is 7.41. The summed E-state index contributed by atoms with van der Waals surface area (Å²) in [5.41, 5.74) is 0.193. The molecule has 0 aromatic rings. The normalized spacial score (nSPS) is 29.8. The molecule has 2 atom stereocenters. The number of nitrogens with zero attached hydrogens (tertiary/aromatic N) is 1. The molecule has 0 aromatic carbocycles. The molecule has 1 aliphatic carbocycles. The fraction of sp³-hybridized carbons (Fsp3) is 1.00. The van der Waals surface area contributed by atoms with Gasteiger partial charge in [-0.1, -0.05) is 39.5 Å². The summed E-state index contributed by atoms with van der Waals surface area (Å²) in [6, 6.07) is 0. The monoisotopic (exact) mass is 241 g/mol. The molecule has 0 spiro atoms. The highest BCUT2D eigenvalue weighted by atomic mass is 16.3. The maximum absolute atomic E-state index is 9.75. The molecule has 1 fully saturated rings. The quantitative estimate of drug-likeness (QED) is 0.691. The molecule has 0 aliphatic heterocycles. The molecule has 0 heterocycles. The van der Waals surface area contributed by atoms with E-state index in [1.54, 1.807) is 0 Å². The average Bonchev–Trinajstić information content (AvgIpc) is 2.29. The van der Waals surface area contributed by atoms with Crippen LogP contribution in [0.1, 0.15) is 58.8 Å². The number of aliphatic hydroxyl groups excluding tert-OH is 1. The van der Waals surface area contributed by atoms with E-state index in [-0.39, 0.29) is 5.41 Å². The van der Waals surface area contributed by atoms with Crippen LogP contribution in [0, 0.1) is 11.3 Å². The van der Waals surface area contributed by atoms with E-state index in [1.165, 1.54) is 51.5 Å². The van der Waals surface area contributed by atoms with Crippen molar-refractivity contribution in [2.24, 2.45) is 11.3 Å². The first-order chi connectivity index (χ1) is 8.12. The zero-order valence-corrected chi connectivity index (χ0v) is 12.0. The van der Waals surface area contributed by atoms with E-state index in [0.29, 0.717) is 6.61 Å². The van der Waals surface area contributed by atoms with Crippen molar-refractivity contribution in [1.29, 1.82) is 0 Å². The zero-order valence-electron chi connectivity index (χ0n) is 12.0. The van der Waals surface area contributed by atoms with Gasteiger partial charge in [0, 0.05) is 18.6 Å². The van der Waals surface area contributed by atoms with Gasteiger partial charge in [0.25, 0.3) is 0 Å². The van der Waals surface area contributed by atoms with Crippen molar-refractivity contribution in [2.75, 3.05) is 26.7 Å². The first kappa shape index (κ1) is 15.0. The Kier molecular flexibility index (Phi) is 6.50. The van der Waals surface area contributed by atoms with Crippen molar-refractivity contribution in [2.45, 2.75) is 58.8 Å². The van der Waals surface area contributed by atoms with E-state index in [1.807, 2.05) is 0 Å². The SMILES string of the molecule is CCCCCN(C)CC1(CO)CCCC(C)C1. The highest BCUT2D eigenvalue weighted by molar-refractivity contribution is 4.87. The van der Waals surface area contributed by atoms with Gasteiger partial charge >= 0.3 is 0 Å². The van der Waals surface area contributed by atoms with Gasteiger partial charge in [0.2, 0.25) is 0 Å². The Balaban J connectivity index is 2.39. The predicted octanol–water partition coefficient (Wildman–Crippen LogP) is 3.30. The summed E-state index contributed by atoms with van der Waals surface area (Å²) in [6.45, 7) is 7.22. The highest BCUT2D eigenvalue weighted by Gasteiger charge is 2.35. The van der Waals surface area contributed by atoms with Gasteiger partial charge in [-0.15, -0.1) is 0 Å². The van der Waals surface area contributed by atoms with Crippen LogP contribution in [0.25, 0.3) is 0 Å². The summed E-state index contributed by atoms with van der Waals surface area (Å²) in [5.74, 6) is 0.792. The Morgan fingerprint density at radius 3 is 2.71 bits per heavy atom. The van der Waals surface area contributed by atoms with Gasteiger partial charge < -0.3 is 10.0 Å². The molecule has 0 radical (unpaired) electrons. The summed E-state index contributed by atoms with van der Waals surface area (Å²) >= 11 is 0. The zero-order chi connectivity index (χ0) is 12.7. The Labute approximate surface area is 107 Å². The van der Waals surface area contributed by atoms with Gasteiger partial charge in [0.15, 0.2) is 0 Å². The Bertz CT molecular complexity index is 207. The Morgan fingerprint density at radius 1 is 1.35 bits per heavy atom. The van der Waals surface area contributed by atoms with Gasteiger partial charge in [-0.25, -0.2) is 0 Å². The summed E-state index contributed by atoms with van der Waals surface area (Å²) in [6.07, 6.45) is 8.98. The number of unbranched alkanes of at least 4 members (excludes halogenated alkanes) is 2. The second-order valence-electron chi connectivity index (χ2n) is 6.30. The van der Waals surface area contributed by atoms with Crippen LogP contribution in [-0.4, -0.2) is 36.8 Å². The molecule has 0 aromatic heterocycles. The molecule has 0 amide bonds. The first-order valence-corrected chi connectivity index (χ1v) is 7.41. The van der Waals surface area contributed by atoms with Crippen molar-refractivity contribution in [1.82, 2.24) is 4.90 Å². The van der Waals surface area contributed by atoms with E-state index in [2.05, 4.69) is 25.8 Å². The molecular weight excluding hydrogens is 210 g/mol. The van der Waals surface area contributed by atoms with E-state index in [4.69, 9.17) is 0 Å². The third-order valence-corrected chi connectivity index (χ3v) is 4.27. The van der Waals surface area contributed by atoms with Crippen molar-refractivity contribution < 1.29 is 5.11 Å². The maximum Gasteiger partial charge on any atom is 0.0499 e. The topological polar surface area (TPSA) is 23.5 Å². The van der Waals surface area contributed by atoms with Crippen LogP contribution < -0.4 is 0 Å². The van der Waals surface area contributed by atoms with Crippen molar-refractivity contribution >= 4 is 0 Å². The highest BCUT2D eigenvalue weighted by Crippen LogP contribution is 2.39. The molecule has 0 bridgehead atoms. The lowest BCUT2D eigenvalue weighted by Crippen LogP contribution is -2.42. The van der Waals surface area contributed by atoms with E-state index < -0.39 is 0 Å². The molecule has 1 N–H and O–H groups in total. The molecule has 0 saturated heterocycles. The molecule has 102 valence electrons. The maximum atomic E-state index is 9.75. The van der Waals surface area contributed by atoms with E-state index in [9.17, 15) is 5.11 Å². The second-order valence-corrected chi connectivity index (χ2v) is 6.30. The minimum atomic E-state index is 0.193. The van der Waals surface area contributed by atoms with Crippen LogP contribution >= 0.6 is 0 Å². The summed E-state index contributed by atoms with van der Waals surface area (Å²) in [7, 11) is 2.21. The molecule has 17 heavy (non-hydrogen) atoms. The summed E-state index contributed by atoms with van der Waals surface area (Å²) in [4.78, 5) is 2.43. The lowest BCUT2D eigenvalue weighted by atomic mass is 9.70. The largest absolute Gasteiger partial charge is 0.396 e. The molecule has 2 heteroatoms. The average molecular weight is 241 g/mol. The van der Waals surface area contributed by atoms with Crippen LogP contribution in [0.5, 0.6) is 0 Å². The minimum Gasteiger partial charge on any atom is -0.396 e. The summed E-state index contributed by atoms with van der Waals surface area (Å²) in [5, 5.41) is 9.75. The third kappa shape index (κ3) is 4.97. The van der Waals surface area contributed by atoms with Gasteiger partial charge in [-0.05, 0) is 38.8 Å². The Hall–Kier alpha value is -0.0800. The minimum absolute atomic E-state index is 0.193. The molecular formula is C15H31NO. The molecule has 1 aliphatic rings. The standard InChI is InChI=1S/C15H31NO/c1-4-5-6-10-16(3)12-15(13-17)9-7-8-14(2)11-15/h14,17H,4-13H2,1-3H3. The number of aliphatic hydroxyl groups is 1. The van der Waals surface area contributed by atoms with Gasteiger partial charge in [0.1, 0.15) is 0 Å². The van der Waals surface area contributed by atoms with Gasteiger partial charge in [-0.2, -0.15) is 0 Å². The van der Waals surface area contributed by atoms with Crippen molar-refractivity contribution in [3.05, 3.63) is 0 Å². The van der Waals surface area contributed by atoms with Crippen LogP contribution in [0.15, 0.2) is 0 Å². The molecule has 1 saturated carbocycles. The second kappa shape index (κ2) is 7.38. The van der Waals surface area contributed by atoms with Crippen LogP contribution in [-0.2, 0) is 0 Å². The van der Waals surface area contributed by atoms with Gasteiger partial charge in [-0.3, -0.25) is 0 Å². The molecule has 1 rings (SSSR count). The molecule has 2 unspecified atom stereocenters. The predicted molar refractivity (Wildman–Crippen MR) is 74.2 cm³/mol. The lowest BCUT2D eigenvalue weighted by molar-refractivity contribution is 0.0306. The molecule has 2 nitrogen and oxygen atoms in total. The van der Waals surface area contributed by atoms with E-state index in [0.717, 1.165) is 12.5 Å². The third-order valence-electron chi connectivity index (χ3n) is 4.27. The van der Waals surface area contributed by atoms with Crippen molar-refractivity contribution in [3.8, 4) is 0 Å². The number of hydrogen-bond donors (Lipinski definition) is 1. The van der Waals surface area contributed by atoms with Gasteiger partial charge in [0.05, 0.1) is 0 Å².